The van der Waals surface area contributed by atoms with Crippen molar-refractivity contribution < 1.29 is 14.3 Å². The van der Waals surface area contributed by atoms with E-state index in [1.165, 1.54) is 5.56 Å². The maximum Gasteiger partial charge on any atom is 0.315 e. The highest BCUT2D eigenvalue weighted by Gasteiger charge is 2.11. The second-order valence-corrected chi connectivity index (χ2v) is 6.56. The number of morpholine rings is 1. The van der Waals surface area contributed by atoms with Gasteiger partial charge in [0.2, 0.25) is 0 Å². The molecule has 2 aromatic carbocycles. The molecular weight excluding hydrogens is 342 g/mol. The van der Waals surface area contributed by atoms with E-state index in [0.29, 0.717) is 13.1 Å². The number of hydrogen-bond acceptors (Lipinski definition) is 4. The Balaban J connectivity index is 1.46. The lowest BCUT2D eigenvalue weighted by atomic mass is 10.1. The third-order valence-corrected chi connectivity index (χ3v) is 4.59. The van der Waals surface area contributed by atoms with Crippen LogP contribution in [0.15, 0.2) is 48.5 Å². The highest BCUT2D eigenvalue weighted by atomic mass is 16.5. The van der Waals surface area contributed by atoms with Gasteiger partial charge in [-0.3, -0.25) is 4.90 Å². The first-order valence-corrected chi connectivity index (χ1v) is 9.26. The SMILES string of the molecule is COc1ccccc1CNC(=O)NCc1cccc(CN2CCOCC2)c1. The van der Waals surface area contributed by atoms with Gasteiger partial charge in [0.25, 0.3) is 0 Å². The zero-order valence-corrected chi connectivity index (χ0v) is 15.7. The number of ether oxygens (including phenoxy) is 2. The highest BCUT2D eigenvalue weighted by molar-refractivity contribution is 5.73. The van der Waals surface area contributed by atoms with Gasteiger partial charge in [-0.2, -0.15) is 0 Å². The fourth-order valence-electron chi connectivity index (χ4n) is 3.12. The minimum atomic E-state index is -0.195. The molecule has 1 heterocycles. The third-order valence-electron chi connectivity index (χ3n) is 4.59. The molecule has 1 saturated heterocycles. The van der Waals surface area contributed by atoms with Crippen molar-refractivity contribution in [3.63, 3.8) is 0 Å². The largest absolute Gasteiger partial charge is 0.496 e. The number of para-hydroxylation sites is 1. The van der Waals surface area contributed by atoms with Crippen LogP contribution in [0.25, 0.3) is 0 Å². The maximum absolute atomic E-state index is 12.1. The average molecular weight is 369 g/mol. The Morgan fingerprint density at radius 2 is 1.78 bits per heavy atom. The molecule has 2 aromatic rings. The van der Waals surface area contributed by atoms with Crippen LogP contribution in [-0.4, -0.2) is 44.3 Å². The summed E-state index contributed by atoms with van der Waals surface area (Å²) in [5.74, 6) is 0.772. The monoisotopic (exact) mass is 369 g/mol. The first-order valence-electron chi connectivity index (χ1n) is 9.26. The Morgan fingerprint density at radius 1 is 1.04 bits per heavy atom. The standard InChI is InChI=1S/C21H27N3O3/c1-26-20-8-3-2-7-19(20)15-23-21(25)22-14-17-5-4-6-18(13-17)16-24-9-11-27-12-10-24/h2-8,13H,9-12,14-16H2,1H3,(H2,22,23,25). The topological polar surface area (TPSA) is 62.8 Å². The second kappa shape index (κ2) is 9.94. The fraction of sp³-hybridized carbons (Fsp3) is 0.381. The fourth-order valence-corrected chi connectivity index (χ4v) is 3.12. The maximum atomic E-state index is 12.1. The van der Waals surface area contributed by atoms with Gasteiger partial charge in [-0.25, -0.2) is 4.79 Å². The molecule has 1 fully saturated rings. The van der Waals surface area contributed by atoms with E-state index in [9.17, 15) is 4.79 Å². The molecule has 0 spiro atoms. The van der Waals surface area contributed by atoms with E-state index >= 15 is 0 Å². The number of urea groups is 1. The molecule has 144 valence electrons. The number of carbonyl (C=O) groups excluding carboxylic acids is 1. The van der Waals surface area contributed by atoms with Crippen LogP contribution in [0.4, 0.5) is 4.79 Å². The van der Waals surface area contributed by atoms with Gasteiger partial charge in [0.05, 0.1) is 20.3 Å². The number of benzene rings is 2. The van der Waals surface area contributed by atoms with Gasteiger partial charge >= 0.3 is 6.03 Å². The van der Waals surface area contributed by atoms with E-state index in [2.05, 4.69) is 27.7 Å². The summed E-state index contributed by atoms with van der Waals surface area (Å²) in [7, 11) is 1.63. The molecule has 1 aliphatic rings. The first kappa shape index (κ1) is 19.2. The molecule has 0 unspecified atom stereocenters. The Bertz CT molecular complexity index is 745. The summed E-state index contributed by atoms with van der Waals surface area (Å²) in [6, 6.07) is 15.8. The molecule has 0 aliphatic carbocycles. The Hall–Kier alpha value is -2.57. The summed E-state index contributed by atoms with van der Waals surface area (Å²) in [6.07, 6.45) is 0. The predicted octanol–water partition coefficient (Wildman–Crippen LogP) is 2.53. The van der Waals surface area contributed by atoms with E-state index in [4.69, 9.17) is 9.47 Å². The van der Waals surface area contributed by atoms with Crippen molar-refractivity contribution >= 4 is 6.03 Å². The second-order valence-electron chi connectivity index (χ2n) is 6.56. The Labute approximate surface area is 160 Å². The van der Waals surface area contributed by atoms with Gasteiger partial charge in [-0.05, 0) is 17.2 Å². The van der Waals surface area contributed by atoms with E-state index in [0.717, 1.165) is 49.7 Å². The number of amides is 2. The smallest absolute Gasteiger partial charge is 0.315 e. The quantitative estimate of drug-likeness (QED) is 0.787. The van der Waals surface area contributed by atoms with Crippen molar-refractivity contribution in [3.8, 4) is 5.75 Å². The van der Waals surface area contributed by atoms with E-state index in [-0.39, 0.29) is 6.03 Å². The molecular formula is C21H27N3O3. The van der Waals surface area contributed by atoms with Crippen molar-refractivity contribution in [2.75, 3.05) is 33.4 Å². The van der Waals surface area contributed by atoms with Crippen molar-refractivity contribution in [2.45, 2.75) is 19.6 Å². The lowest BCUT2D eigenvalue weighted by Crippen LogP contribution is -2.36. The van der Waals surface area contributed by atoms with Gasteiger partial charge in [-0.1, -0.05) is 42.5 Å². The third kappa shape index (κ3) is 5.98. The number of hydrogen-bond donors (Lipinski definition) is 2. The molecule has 27 heavy (non-hydrogen) atoms. The van der Waals surface area contributed by atoms with Gasteiger partial charge in [0, 0.05) is 38.3 Å². The van der Waals surface area contributed by atoms with Crippen LogP contribution in [-0.2, 0) is 24.4 Å². The van der Waals surface area contributed by atoms with Crippen LogP contribution in [0.3, 0.4) is 0 Å². The molecule has 6 heteroatoms. The molecule has 0 aromatic heterocycles. The van der Waals surface area contributed by atoms with Crippen LogP contribution in [0, 0.1) is 0 Å². The minimum Gasteiger partial charge on any atom is -0.496 e. The predicted molar refractivity (Wildman–Crippen MR) is 105 cm³/mol. The van der Waals surface area contributed by atoms with Crippen molar-refractivity contribution in [1.29, 1.82) is 0 Å². The molecule has 6 nitrogen and oxygen atoms in total. The summed E-state index contributed by atoms with van der Waals surface area (Å²) in [6.45, 7) is 5.36. The summed E-state index contributed by atoms with van der Waals surface area (Å²) in [5, 5.41) is 5.79. The van der Waals surface area contributed by atoms with Crippen LogP contribution >= 0.6 is 0 Å². The summed E-state index contributed by atoms with van der Waals surface area (Å²) in [4.78, 5) is 14.5. The highest BCUT2D eigenvalue weighted by Crippen LogP contribution is 2.16. The van der Waals surface area contributed by atoms with Gasteiger partial charge in [0.1, 0.15) is 5.75 Å². The van der Waals surface area contributed by atoms with Crippen molar-refractivity contribution in [1.82, 2.24) is 15.5 Å². The van der Waals surface area contributed by atoms with Crippen LogP contribution < -0.4 is 15.4 Å². The number of rotatable bonds is 7. The minimum absolute atomic E-state index is 0.195. The molecule has 3 rings (SSSR count). The summed E-state index contributed by atoms with van der Waals surface area (Å²) < 4.78 is 10.7. The molecule has 1 aliphatic heterocycles. The van der Waals surface area contributed by atoms with Gasteiger partial charge in [-0.15, -0.1) is 0 Å². The first-order chi connectivity index (χ1) is 13.2. The Kier molecular flexibility index (Phi) is 7.07. The zero-order valence-electron chi connectivity index (χ0n) is 15.7. The molecule has 0 radical (unpaired) electrons. The lowest BCUT2D eigenvalue weighted by molar-refractivity contribution is 0.0342. The van der Waals surface area contributed by atoms with Gasteiger partial charge in [0.15, 0.2) is 0 Å². The molecule has 2 N–H and O–H groups in total. The normalized spacial score (nSPS) is 14.6. The van der Waals surface area contributed by atoms with Crippen molar-refractivity contribution in [3.05, 3.63) is 65.2 Å². The van der Waals surface area contributed by atoms with E-state index < -0.39 is 0 Å². The molecule has 2 amide bonds. The van der Waals surface area contributed by atoms with Crippen LogP contribution in [0.1, 0.15) is 16.7 Å². The van der Waals surface area contributed by atoms with E-state index in [1.54, 1.807) is 7.11 Å². The van der Waals surface area contributed by atoms with Crippen LogP contribution in [0.5, 0.6) is 5.75 Å². The molecule has 0 bridgehead atoms. The number of carbonyl (C=O) groups is 1. The molecule has 0 saturated carbocycles. The number of nitrogens with zero attached hydrogens (tertiary/aromatic N) is 1. The average Bonchev–Trinajstić information content (AvgIpc) is 2.72. The Morgan fingerprint density at radius 3 is 2.59 bits per heavy atom. The van der Waals surface area contributed by atoms with E-state index in [1.807, 2.05) is 36.4 Å². The number of nitrogens with one attached hydrogen (secondary N) is 2. The van der Waals surface area contributed by atoms with Crippen LogP contribution in [0.2, 0.25) is 0 Å². The van der Waals surface area contributed by atoms with Gasteiger partial charge < -0.3 is 20.1 Å². The zero-order chi connectivity index (χ0) is 18.9. The summed E-state index contributed by atoms with van der Waals surface area (Å²) in [5.41, 5.74) is 3.29. The summed E-state index contributed by atoms with van der Waals surface area (Å²) >= 11 is 0. The lowest BCUT2D eigenvalue weighted by Gasteiger charge is -2.26. The number of methoxy groups -OCH3 is 1. The van der Waals surface area contributed by atoms with Crippen molar-refractivity contribution in [2.24, 2.45) is 0 Å². The molecule has 0 atom stereocenters.